The molecule has 12 heteroatoms. The molecular formula is C33H36ClN7O4. The van der Waals surface area contributed by atoms with Crippen molar-refractivity contribution < 1.29 is 19.1 Å². The van der Waals surface area contributed by atoms with Crippen LogP contribution in [0, 0.1) is 5.92 Å². The first-order valence-corrected chi connectivity index (χ1v) is 15.7. The van der Waals surface area contributed by atoms with Crippen LogP contribution in [0.1, 0.15) is 68.7 Å². The zero-order valence-corrected chi connectivity index (χ0v) is 26.3. The monoisotopic (exact) mass is 629 g/mol. The summed E-state index contributed by atoms with van der Waals surface area (Å²) in [6.07, 6.45) is 8.20. The van der Waals surface area contributed by atoms with Gasteiger partial charge in [0.05, 0.1) is 25.3 Å². The summed E-state index contributed by atoms with van der Waals surface area (Å²) in [5, 5.41) is 6.90. The normalized spacial score (nSPS) is 19.6. The van der Waals surface area contributed by atoms with Gasteiger partial charge < -0.3 is 29.4 Å². The number of carbonyl (C=O) groups excluding carboxylic acids is 2. The maximum absolute atomic E-state index is 12.9. The molecule has 2 atom stereocenters. The first kappa shape index (κ1) is 29.3. The molecule has 2 amide bonds. The van der Waals surface area contributed by atoms with Crippen molar-refractivity contribution in [2.45, 2.75) is 70.1 Å². The predicted octanol–water partition coefficient (Wildman–Crippen LogP) is 6.01. The largest absolute Gasteiger partial charge is 0.483 e. The van der Waals surface area contributed by atoms with Gasteiger partial charge in [0.15, 0.2) is 11.4 Å². The first-order chi connectivity index (χ1) is 21.6. The van der Waals surface area contributed by atoms with E-state index < -0.39 is 5.60 Å². The Morgan fingerprint density at radius 1 is 1.04 bits per heavy atom. The Balaban J connectivity index is 0.983. The van der Waals surface area contributed by atoms with E-state index in [4.69, 9.17) is 26.1 Å². The van der Waals surface area contributed by atoms with E-state index in [1.54, 1.807) is 11.0 Å². The van der Waals surface area contributed by atoms with Crippen LogP contribution in [0.25, 0.3) is 5.65 Å². The molecule has 0 bridgehead atoms. The molecular weight excluding hydrogens is 594 g/mol. The van der Waals surface area contributed by atoms with Gasteiger partial charge in [0.25, 0.3) is 0 Å². The second kappa shape index (κ2) is 11.5. The minimum Gasteiger partial charge on any atom is -0.483 e. The minimum atomic E-state index is -0.534. The van der Waals surface area contributed by atoms with Gasteiger partial charge in [-0.3, -0.25) is 4.79 Å². The molecule has 11 nitrogen and oxygen atoms in total. The summed E-state index contributed by atoms with van der Waals surface area (Å²) in [6, 6.07) is 11.5. The minimum absolute atomic E-state index is 0.0651. The summed E-state index contributed by atoms with van der Waals surface area (Å²) in [4.78, 5) is 40.3. The van der Waals surface area contributed by atoms with Gasteiger partial charge in [-0.05, 0) is 81.2 Å². The van der Waals surface area contributed by atoms with Crippen molar-refractivity contribution in [3.8, 4) is 5.75 Å². The second-order valence-corrected chi connectivity index (χ2v) is 13.6. The Morgan fingerprint density at radius 3 is 2.60 bits per heavy atom. The third kappa shape index (κ3) is 6.83. The quantitative estimate of drug-likeness (QED) is 0.231. The molecule has 1 saturated heterocycles. The number of nitrogens with zero attached hydrogens (tertiary/aromatic N) is 5. The van der Waals surface area contributed by atoms with E-state index >= 15 is 0 Å². The van der Waals surface area contributed by atoms with Crippen molar-refractivity contribution in [3.63, 3.8) is 0 Å². The summed E-state index contributed by atoms with van der Waals surface area (Å²) in [5.74, 6) is 2.26. The molecule has 1 aromatic carbocycles. The lowest BCUT2D eigenvalue weighted by atomic mass is 10.1. The van der Waals surface area contributed by atoms with Gasteiger partial charge in [-0.25, -0.2) is 19.7 Å². The van der Waals surface area contributed by atoms with E-state index in [1.807, 2.05) is 55.6 Å². The molecule has 0 spiro atoms. The second-order valence-electron chi connectivity index (χ2n) is 13.1. The third-order valence-corrected chi connectivity index (χ3v) is 8.44. The number of hydrogen-bond donors (Lipinski definition) is 2. The fourth-order valence-corrected chi connectivity index (χ4v) is 5.83. The highest BCUT2D eigenvalue weighted by Gasteiger charge is 2.44. The van der Waals surface area contributed by atoms with Crippen LogP contribution in [0.5, 0.6) is 5.75 Å². The lowest BCUT2D eigenvalue weighted by Crippen LogP contribution is -2.57. The van der Waals surface area contributed by atoms with E-state index in [1.165, 1.54) is 24.7 Å². The molecule has 2 N–H and O–H groups in total. The highest BCUT2D eigenvalue weighted by molar-refractivity contribution is 6.30. The van der Waals surface area contributed by atoms with Crippen molar-refractivity contribution in [3.05, 3.63) is 77.0 Å². The van der Waals surface area contributed by atoms with E-state index in [0.717, 1.165) is 23.3 Å². The predicted molar refractivity (Wildman–Crippen MR) is 170 cm³/mol. The average Bonchev–Trinajstić information content (AvgIpc) is 3.89. The van der Waals surface area contributed by atoms with Gasteiger partial charge in [0.2, 0.25) is 5.91 Å². The van der Waals surface area contributed by atoms with Crippen LogP contribution in [0.4, 0.5) is 16.4 Å². The van der Waals surface area contributed by atoms with E-state index in [0.29, 0.717) is 48.0 Å². The molecule has 3 fully saturated rings. The van der Waals surface area contributed by atoms with Crippen LogP contribution in [0.3, 0.4) is 0 Å². The third-order valence-electron chi connectivity index (χ3n) is 8.20. The van der Waals surface area contributed by atoms with Crippen molar-refractivity contribution >= 4 is 40.9 Å². The number of carbonyl (C=O) groups is 2. The van der Waals surface area contributed by atoms with Crippen molar-refractivity contribution in [1.82, 2.24) is 24.3 Å². The number of rotatable bonds is 9. The molecule has 7 rings (SSSR count). The summed E-state index contributed by atoms with van der Waals surface area (Å²) in [6.45, 7) is 6.94. The Labute approximate surface area is 266 Å². The number of pyridine rings is 1. The Kier molecular flexibility index (Phi) is 7.51. The van der Waals surface area contributed by atoms with Crippen molar-refractivity contribution in [2.75, 3.05) is 23.7 Å². The van der Waals surface area contributed by atoms with Crippen LogP contribution < -0.4 is 15.4 Å². The zero-order chi connectivity index (χ0) is 31.3. The summed E-state index contributed by atoms with van der Waals surface area (Å²) >= 11 is 6.12. The maximum Gasteiger partial charge on any atom is 0.410 e. The van der Waals surface area contributed by atoms with Gasteiger partial charge in [-0.15, -0.1) is 0 Å². The molecule has 2 aliphatic carbocycles. The van der Waals surface area contributed by atoms with Crippen LogP contribution >= 0.6 is 11.6 Å². The van der Waals surface area contributed by atoms with E-state index in [9.17, 15) is 9.59 Å². The topological polar surface area (TPSA) is 123 Å². The van der Waals surface area contributed by atoms with E-state index in [2.05, 4.69) is 32.9 Å². The average molecular weight is 630 g/mol. The van der Waals surface area contributed by atoms with Crippen LogP contribution in [-0.4, -0.2) is 61.0 Å². The number of likely N-dealkylation sites (tertiary alicyclic amines) is 1. The van der Waals surface area contributed by atoms with Crippen LogP contribution in [0.15, 0.2) is 55.1 Å². The molecule has 1 aliphatic heterocycles. The van der Waals surface area contributed by atoms with Crippen LogP contribution in [0.2, 0.25) is 5.02 Å². The van der Waals surface area contributed by atoms with E-state index in [-0.39, 0.29) is 29.9 Å². The van der Waals surface area contributed by atoms with Gasteiger partial charge in [-0.1, -0.05) is 23.7 Å². The first-order valence-electron chi connectivity index (χ1n) is 15.4. The fourth-order valence-electron chi connectivity index (χ4n) is 5.63. The maximum atomic E-state index is 12.9. The lowest BCUT2D eigenvalue weighted by Gasteiger charge is -2.39. The number of amides is 2. The summed E-state index contributed by atoms with van der Waals surface area (Å²) in [7, 11) is 0. The summed E-state index contributed by atoms with van der Waals surface area (Å²) < 4.78 is 13.9. The highest BCUT2D eigenvalue weighted by atomic mass is 35.5. The van der Waals surface area contributed by atoms with Gasteiger partial charge in [0.1, 0.15) is 29.7 Å². The fraction of sp³-hybridized carbons (Fsp3) is 0.424. The number of benzene rings is 1. The molecule has 0 unspecified atom stereocenters. The van der Waals surface area contributed by atoms with Crippen molar-refractivity contribution in [2.24, 2.45) is 5.92 Å². The number of fused-ring (bicyclic) bond motifs is 1. The number of anilines is 2. The summed E-state index contributed by atoms with van der Waals surface area (Å²) in [5.41, 5.74) is 3.30. The highest BCUT2D eigenvalue weighted by Crippen LogP contribution is 2.48. The number of halogens is 1. The molecule has 2 saturated carbocycles. The van der Waals surface area contributed by atoms with Gasteiger partial charge in [-0.2, -0.15) is 0 Å². The number of aromatic nitrogens is 4. The molecule has 0 radical (unpaired) electrons. The van der Waals surface area contributed by atoms with Gasteiger partial charge in [0, 0.05) is 29.4 Å². The van der Waals surface area contributed by atoms with Gasteiger partial charge >= 0.3 is 6.09 Å². The smallest absolute Gasteiger partial charge is 0.410 e. The number of ether oxygens (including phenoxy) is 2. The Bertz CT molecular complexity index is 1760. The number of hydrogen-bond acceptors (Lipinski definition) is 8. The SMILES string of the molecule is CC(C)(C)OC(=O)N1CC(Oc2cc(C3CC3)cn3cc(CNc4cc(NC(=O)[C@H]5C[C@@H]5c5cccc(Cl)c5)ncn4)nc23)C1. The molecule has 4 aromatic rings. The molecule has 4 heterocycles. The Morgan fingerprint density at radius 2 is 1.84 bits per heavy atom. The molecule has 3 aliphatic rings. The van der Waals surface area contributed by atoms with Crippen LogP contribution in [-0.2, 0) is 16.1 Å². The number of nitrogens with one attached hydrogen (secondary N) is 2. The van der Waals surface area contributed by atoms with Crippen molar-refractivity contribution in [1.29, 1.82) is 0 Å². The molecule has 45 heavy (non-hydrogen) atoms. The zero-order valence-electron chi connectivity index (χ0n) is 25.5. The Hall–Kier alpha value is -4.38. The lowest BCUT2D eigenvalue weighted by molar-refractivity contribution is -0.117. The molecule has 234 valence electrons. The standard InChI is InChI=1S/C33H36ClN7O4/c1-33(2,3)45-32(43)41-16-24(17-41)44-27-10-21(19-7-8-19)14-40-15-23(38-30(27)40)13-35-28-12-29(37-18-36-28)39-31(42)26-11-25(26)20-5-4-6-22(34)9-20/h4-6,9-10,12,14-15,18-19,24-26H,7-8,11,13,16-17H2,1-3H3,(H2,35,36,37,39,42)/t25-,26+/m1/s1. The molecule has 3 aromatic heterocycles. The number of imidazole rings is 1.